The van der Waals surface area contributed by atoms with Gasteiger partial charge in [0.25, 0.3) is 0 Å². The third-order valence-electron chi connectivity index (χ3n) is 4.05. The fourth-order valence-electron chi connectivity index (χ4n) is 2.52. The zero-order valence-corrected chi connectivity index (χ0v) is 13.8. The van der Waals surface area contributed by atoms with Gasteiger partial charge in [0, 0.05) is 30.4 Å². The van der Waals surface area contributed by atoms with Crippen LogP contribution in [0.25, 0.3) is 11.5 Å². The number of hydrogen-bond acceptors (Lipinski definition) is 6. The lowest BCUT2D eigenvalue weighted by Gasteiger charge is -2.22. The zero-order chi connectivity index (χ0) is 16.3. The Kier molecular flexibility index (Phi) is 4.54. The molecule has 6 heteroatoms. The van der Waals surface area contributed by atoms with Gasteiger partial charge in [0.05, 0.1) is 13.2 Å². The van der Waals surface area contributed by atoms with Gasteiger partial charge in [-0.3, -0.25) is 4.98 Å². The van der Waals surface area contributed by atoms with Crippen molar-refractivity contribution in [2.75, 3.05) is 25.1 Å². The highest BCUT2D eigenvalue weighted by Crippen LogP contribution is 2.24. The monoisotopic (exact) mass is 314 g/mol. The highest BCUT2D eigenvalue weighted by Gasteiger charge is 2.30. The molecule has 23 heavy (non-hydrogen) atoms. The predicted octanol–water partition coefficient (Wildman–Crippen LogP) is 2.72. The van der Waals surface area contributed by atoms with Crippen LogP contribution in [0.1, 0.15) is 24.6 Å². The number of aromatic nitrogens is 3. The van der Waals surface area contributed by atoms with Crippen LogP contribution in [0.15, 0.2) is 24.4 Å². The van der Waals surface area contributed by atoms with E-state index in [0.29, 0.717) is 19.0 Å². The number of anilines is 1. The van der Waals surface area contributed by atoms with Gasteiger partial charge in [-0.15, -0.1) is 0 Å². The van der Waals surface area contributed by atoms with Gasteiger partial charge in [0.2, 0.25) is 0 Å². The lowest BCUT2D eigenvalue weighted by atomic mass is 10.2. The van der Waals surface area contributed by atoms with Crippen molar-refractivity contribution in [3.05, 3.63) is 35.7 Å². The summed E-state index contributed by atoms with van der Waals surface area (Å²) in [6, 6.07) is 5.73. The van der Waals surface area contributed by atoms with Crippen LogP contribution in [0.2, 0.25) is 0 Å². The van der Waals surface area contributed by atoms with Gasteiger partial charge in [0.1, 0.15) is 11.5 Å². The van der Waals surface area contributed by atoms with E-state index in [4.69, 9.17) is 9.47 Å². The third-order valence-corrected chi connectivity index (χ3v) is 4.05. The van der Waals surface area contributed by atoms with Crippen LogP contribution >= 0.6 is 0 Å². The summed E-state index contributed by atoms with van der Waals surface area (Å²) in [5, 5.41) is 3.38. The average molecular weight is 314 g/mol. The average Bonchev–Trinajstić information content (AvgIpc) is 2.99. The SMILES string of the molecule is Cc1nc(-c2ccccn2)nc(NCCC2(C)OCCO2)c1C. The van der Waals surface area contributed by atoms with Crippen LogP contribution in [0, 0.1) is 13.8 Å². The Balaban J connectivity index is 1.75. The van der Waals surface area contributed by atoms with Crippen molar-refractivity contribution < 1.29 is 9.47 Å². The molecule has 122 valence electrons. The molecule has 6 nitrogen and oxygen atoms in total. The Labute approximate surface area is 136 Å². The molecule has 2 aromatic rings. The fourth-order valence-corrected chi connectivity index (χ4v) is 2.52. The molecule has 0 spiro atoms. The van der Waals surface area contributed by atoms with E-state index in [1.807, 2.05) is 39.0 Å². The van der Waals surface area contributed by atoms with E-state index in [0.717, 1.165) is 35.7 Å². The quantitative estimate of drug-likeness (QED) is 0.915. The van der Waals surface area contributed by atoms with Gasteiger partial charge in [-0.2, -0.15) is 0 Å². The highest BCUT2D eigenvalue weighted by atomic mass is 16.7. The Hall–Kier alpha value is -2.05. The zero-order valence-electron chi connectivity index (χ0n) is 13.8. The molecule has 0 unspecified atom stereocenters. The molecule has 0 aliphatic carbocycles. The summed E-state index contributed by atoms with van der Waals surface area (Å²) in [5.74, 6) is 0.975. The summed E-state index contributed by atoms with van der Waals surface area (Å²) < 4.78 is 11.2. The maximum absolute atomic E-state index is 5.62. The minimum Gasteiger partial charge on any atom is -0.370 e. The summed E-state index contributed by atoms with van der Waals surface area (Å²) >= 11 is 0. The van der Waals surface area contributed by atoms with Crippen LogP contribution in [0.5, 0.6) is 0 Å². The molecule has 0 aromatic carbocycles. The molecule has 0 saturated carbocycles. The molecule has 0 atom stereocenters. The largest absolute Gasteiger partial charge is 0.370 e. The van der Waals surface area contributed by atoms with Crippen LogP contribution in [-0.2, 0) is 9.47 Å². The summed E-state index contributed by atoms with van der Waals surface area (Å²) in [7, 11) is 0. The van der Waals surface area contributed by atoms with Gasteiger partial charge >= 0.3 is 0 Å². The Bertz CT molecular complexity index is 670. The number of nitrogens with zero attached hydrogens (tertiary/aromatic N) is 3. The van der Waals surface area contributed by atoms with Gasteiger partial charge in [-0.25, -0.2) is 9.97 Å². The molecule has 0 amide bonds. The fraction of sp³-hybridized carbons (Fsp3) is 0.471. The van der Waals surface area contributed by atoms with Crippen molar-refractivity contribution in [1.29, 1.82) is 0 Å². The van der Waals surface area contributed by atoms with Crippen molar-refractivity contribution >= 4 is 5.82 Å². The molecule has 1 saturated heterocycles. The van der Waals surface area contributed by atoms with E-state index < -0.39 is 5.79 Å². The van der Waals surface area contributed by atoms with E-state index in [9.17, 15) is 0 Å². The maximum Gasteiger partial charge on any atom is 0.180 e. The summed E-state index contributed by atoms with van der Waals surface area (Å²) in [5.41, 5.74) is 2.76. The van der Waals surface area contributed by atoms with Gasteiger partial charge in [-0.05, 0) is 32.9 Å². The van der Waals surface area contributed by atoms with E-state index in [-0.39, 0.29) is 0 Å². The number of ether oxygens (including phenoxy) is 2. The van der Waals surface area contributed by atoms with Crippen molar-refractivity contribution in [1.82, 2.24) is 15.0 Å². The Morgan fingerprint density at radius 1 is 1.17 bits per heavy atom. The van der Waals surface area contributed by atoms with Crippen LogP contribution in [0.4, 0.5) is 5.82 Å². The second-order valence-electron chi connectivity index (χ2n) is 5.83. The van der Waals surface area contributed by atoms with Gasteiger partial charge in [-0.1, -0.05) is 6.07 Å². The van der Waals surface area contributed by atoms with E-state index in [1.165, 1.54) is 0 Å². The molecule has 2 aromatic heterocycles. The molecular weight excluding hydrogens is 292 g/mol. The first-order valence-electron chi connectivity index (χ1n) is 7.86. The summed E-state index contributed by atoms with van der Waals surface area (Å²) in [4.78, 5) is 13.5. The normalized spacial score (nSPS) is 16.5. The van der Waals surface area contributed by atoms with Crippen molar-refractivity contribution in [2.24, 2.45) is 0 Å². The third kappa shape index (κ3) is 3.65. The molecule has 0 radical (unpaired) electrons. The molecule has 1 fully saturated rings. The minimum atomic E-state index is -0.493. The van der Waals surface area contributed by atoms with Crippen molar-refractivity contribution in [2.45, 2.75) is 33.0 Å². The van der Waals surface area contributed by atoms with Crippen LogP contribution in [0.3, 0.4) is 0 Å². The molecule has 1 aliphatic rings. The number of nitrogens with one attached hydrogen (secondary N) is 1. The second kappa shape index (κ2) is 6.60. The molecule has 1 aliphatic heterocycles. The molecule has 0 bridgehead atoms. The lowest BCUT2D eigenvalue weighted by molar-refractivity contribution is -0.144. The molecule has 3 heterocycles. The second-order valence-corrected chi connectivity index (χ2v) is 5.83. The number of aryl methyl sites for hydroxylation is 1. The first-order chi connectivity index (χ1) is 11.1. The van der Waals surface area contributed by atoms with Gasteiger partial charge < -0.3 is 14.8 Å². The molecule has 1 N–H and O–H groups in total. The van der Waals surface area contributed by atoms with Gasteiger partial charge in [0.15, 0.2) is 11.6 Å². The van der Waals surface area contributed by atoms with E-state index >= 15 is 0 Å². The predicted molar refractivity (Wildman–Crippen MR) is 88.2 cm³/mol. The minimum absolute atomic E-state index is 0.493. The topological polar surface area (TPSA) is 69.2 Å². The first-order valence-corrected chi connectivity index (χ1v) is 7.86. The maximum atomic E-state index is 5.62. The molecule has 3 rings (SSSR count). The van der Waals surface area contributed by atoms with Crippen molar-refractivity contribution in [3.63, 3.8) is 0 Å². The summed E-state index contributed by atoms with van der Waals surface area (Å²) in [6.45, 7) is 8.01. The smallest absolute Gasteiger partial charge is 0.180 e. The van der Waals surface area contributed by atoms with E-state index in [2.05, 4.69) is 20.3 Å². The van der Waals surface area contributed by atoms with E-state index in [1.54, 1.807) is 6.20 Å². The summed E-state index contributed by atoms with van der Waals surface area (Å²) in [6.07, 6.45) is 2.50. The number of hydrogen-bond donors (Lipinski definition) is 1. The van der Waals surface area contributed by atoms with Crippen LogP contribution < -0.4 is 5.32 Å². The first kappa shape index (κ1) is 15.8. The standard InChI is InChI=1S/C17H22N4O2/c1-12-13(2)20-16(14-6-4-5-8-18-14)21-15(12)19-9-7-17(3)22-10-11-23-17/h4-6,8H,7,9-11H2,1-3H3,(H,19,20,21). The lowest BCUT2D eigenvalue weighted by Crippen LogP contribution is -2.28. The number of pyridine rings is 1. The number of rotatable bonds is 5. The Morgan fingerprint density at radius 3 is 2.65 bits per heavy atom. The van der Waals surface area contributed by atoms with Crippen LogP contribution in [-0.4, -0.2) is 40.5 Å². The highest BCUT2D eigenvalue weighted by molar-refractivity contribution is 5.56. The Morgan fingerprint density at radius 2 is 1.96 bits per heavy atom. The van der Waals surface area contributed by atoms with Crippen molar-refractivity contribution in [3.8, 4) is 11.5 Å². The molecular formula is C17H22N4O2.